The average molecular weight is 413 g/mol. The Balaban J connectivity index is 2.73. The van der Waals surface area contributed by atoms with Gasteiger partial charge in [-0.3, -0.25) is 0 Å². The van der Waals surface area contributed by atoms with E-state index in [0.29, 0.717) is 0 Å². The van der Waals surface area contributed by atoms with Gasteiger partial charge in [-0.1, -0.05) is 0 Å². The molecule has 0 aliphatic carbocycles. The zero-order chi connectivity index (χ0) is 22.6. The van der Waals surface area contributed by atoms with Crippen LogP contribution in [-0.4, -0.2) is 41.8 Å². The predicted octanol–water partition coefficient (Wildman–Crippen LogP) is 2.85. The number of anilines is 1. The molecule has 0 unspecified atom stereocenters. The van der Waals surface area contributed by atoms with Gasteiger partial charge in [0.2, 0.25) is 0 Å². The fourth-order valence-corrected chi connectivity index (χ4v) is 2.67. The first-order valence-corrected chi connectivity index (χ1v) is 9.15. The van der Waals surface area contributed by atoms with Crippen molar-refractivity contribution in [3.63, 3.8) is 0 Å². The maximum Gasteiger partial charge on any atom is 0.357 e. The Bertz CT molecular complexity index is 990. The van der Waals surface area contributed by atoms with Gasteiger partial charge in [-0.15, -0.1) is 0 Å². The third-order valence-corrected chi connectivity index (χ3v) is 3.90. The van der Waals surface area contributed by atoms with Gasteiger partial charge >= 0.3 is 17.9 Å². The third-order valence-electron chi connectivity index (χ3n) is 3.90. The molecule has 1 heterocycles. The van der Waals surface area contributed by atoms with E-state index in [2.05, 4.69) is 0 Å². The van der Waals surface area contributed by atoms with Crippen LogP contribution in [0.25, 0.3) is 5.69 Å². The van der Waals surface area contributed by atoms with Crippen LogP contribution >= 0.6 is 0 Å². The topological polar surface area (TPSA) is 134 Å². The lowest BCUT2D eigenvalue weighted by Gasteiger charge is -2.14. The molecule has 30 heavy (non-hydrogen) atoms. The molecule has 0 spiro atoms. The number of carbonyl (C=O) groups excluding carboxylic acids is 3. The average Bonchev–Trinajstić information content (AvgIpc) is 3.02. The van der Waals surface area contributed by atoms with E-state index < -0.39 is 17.9 Å². The number of esters is 3. The molecule has 2 rings (SSSR count). The SMILES string of the molecule is COC(=O)c1c(N)c(C#N)cn1-c1cc(C(=O)OC(C)C)cc(C(=O)OC(C)C)c1. The Hall–Kier alpha value is -3.80. The number of nitriles is 1. The molecule has 0 bridgehead atoms. The monoisotopic (exact) mass is 413 g/mol. The maximum atomic E-state index is 12.5. The molecular weight excluding hydrogens is 390 g/mol. The summed E-state index contributed by atoms with van der Waals surface area (Å²) < 4.78 is 16.5. The van der Waals surface area contributed by atoms with Crippen LogP contribution in [0.4, 0.5) is 5.69 Å². The molecule has 9 heteroatoms. The Kier molecular flexibility index (Phi) is 6.85. The first kappa shape index (κ1) is 22.5. The van der Waals surface area contributed by atoms with Crippen LogP contribution in [0.5, 0.6) is 0 Å². The van der Waals surface area contributed by atoms with Crippen molar-refractivity contribution < 1.29 is 28.6 Å². The summed E-state index contributed by atoms with van der Waals surface area (Å²) in [6.07, 6.45) is 0.557. The minimum Gasteiger partial charge on any atom is -0.464 e. The van der Waals surface area contributed by atoms with E-state index in [-0.39, 0.29) is 46.0 Å². The standard InChI is InChI=1S/C21H23N3O6/c1-11(2)29-19(25)13-6-14(20(26)30-12(3)4)8-16(7-13)24-10-15(9-22)17(23)18(24)21(27)28-5/h6-8,10-12H,23H2,1-5H3. The van der Waals surface area contributed by atoms with Gasteiger partial charge in [0.1, 0.15) is 6.07 Å². The predicted molar refractivity (Wildman–Crippen MR) is 107 cm³/mol. The van der Waals surface area contributed by atoms with Crippen molar-refractivity contribution in [3.8, 4) is 11.8 Å². The van der Waals surface area contributed by atoms with Crippen LogP contribution in [0, 0.1) is 11.3 Å². The van der Waals surface area contributed by atoms with Gasteiger partial charge < -0.3 is 24.5 Å². The Labute approximate surface area is 173 Å². The second-order valence-corrected chi connectivity index (χ2v) is 6.96. The van der Waals surface area contributed by atoms with Gasteiger partial charge in [0.15, 0.2) is 5.69 Å². The van der Waals surface area contributed by atoms with E-state index >= 15 is 0 Å². The lowest BCUT2D eigenvalue weighted by molar-refractivity contribution is 0.0377. The summed E-state index contributed by atoms with van der Waals surface area (Å²) in [5.41, 5.74) is 6.15. The van der Waals surface area contributed by atoms with Gasteiger partial charge in [-0.25, -0.2) is 14.4 Å². The highest BCUT2D eigenvalue weighted by Gasteiger charge is 2.24. The van der Waals surface area contributed by atoms with E-state index in [1.807, 2.05) is 6.07 Å². The van der Waals surface area contributed by atoms with Crippen molar-refractivity contribution in [3.05, 3.63) is 46.8 Å². The molecule has 1 aromatic heterocycles. The molecule has 0 aliphatic rings. The molecule has 0 aliphatic heterocycles. The second kappa shape index (κ2) is 9.13. The number of rotatable bonds is 6. The highest BCUT2D eigenvalue weighted by atomic mass is 16.5. The molecule has 0 saturated carbocycles. The Morgan fingerprint density at radius 1 is 0.967 bits per heavy atom. The highest BCUT2D eigenvalue weighted by molar-refractivity contribution is 5.98. The van der Waals surface area contributed by atoms with Crippen LogP contribution in [0.15, 0.2) is 24.4 Å². The maximum absolute atomic E-state index is 12.5. The minimum atomic E-state index is -0.782. The quantitative estimate of drug-likeness (QED) is 0.564. The largest absolute Gasteiger partial charge is 0.464 e. The minimum absolute atomic E-state index is 0.0388. The molecule has 2 aromatic rings. The molecule has 158 valence electrons. The number of nitrogens with zero attached hydrogens (tertiary/aromatic N) is 2. The number of nitrogens with two attached hydrogens (primary N) is 1. The molecule has 1 aromatic carbocycles. The third kappa shape index (κ3) is 4.78. The van der Waals surface area contributed by atoms with E-state index in [1.54, 1.807) is 27.7 Å². The molecule has 0 radical (unpaired) electrons. The number of carbonyl (C=O) groups is 3. The van der Waals surface area contributed by atoms with Crippen molar-refractivity contribution in [1.29, 1.82) is 5.26 Å². The molecule has 9 nitrogen and oxygen atoms in total. The van der Waals surface area contributed by atoms with E-state index in [9.17, 15) is 19.6 Å². The van der Waals surface area contributed by atoms with Crippen molar-refractivity contribution in [2.45, 2.75) is 39.9 Å². The van der Waals surface area contributed by atoms with Gasteiger partial charge in [-0.2, -0.15) is 5.26 Å². The first-order chi connectivity index (χ1) is 14.1. The fourth-order valence-electron chi connectivity index (χ4n) is 2.67. The lowest BCUT2D eigenvalue weighted by Crippen LogP contribution is -2.17. The number of methoxy groups -OCH3 is 1. The lowest BCUT2D eigenvalue weighted by atomic mass is 10.1. The summed E-state index contributed by atoms with van der Waals surface area (Å²) in [6.45, 7) is 6.77. The summed E-state index contributed by atoms with van der Waals surface area (Å²) in [4.78, 5) is 37.2. The molecule has 0 atom stereocenters. The van der Waals surface area contributed by atoms with Gasteiger partial charge in [0.25, 0.3) is 0 Å². The summed E-state index contributed by atoms with van der Waals surface area (Å²) in [6, 6.07) is 6.08. The molecule has 2 N–H and O–H groups in total. The first-order valence-electron chi connectivity index (χ1n) is 9.15. The zero-order valence-corrected chi connectivity index (χ0v) is 17.4. The van der Waals surface area contributed by atoms with E-state index in [4.69, 9.17) is 19.9 Å². The van der Waals surface area contributed by atoms with Crippen LogP contribution in [-0.2, 0) is 14.2 Å². The smallest absolute Gasteiger partial charge is 0.357 e. The number of benzene rings is 1. The van der Waals surface area contributed by atoms with Crippen LogP contribution in [0.2, 0.25) is 0 Å². The van der Waals surface area contributed by atoms with Gasteiger partial charge in [-0.05, 0) is 45.9 Å². The zero-order valence-electron chi connectivity index (χ0n) is 17.4. The van der Waals surface area contributed by atoms with Crippen LogP contribution in [0.3, 0.4) is 0 Å². The number of hydrogen-bond donors (Lipinski definition) is 1. The molecule has 0 amide bonds. The Morgan fingerprint density at radius 3 is 1.87 bits per heavy atom. The van der Waals surface area contributed by atoms with Gasteiger partial charge in [0, 0.05) is 11.9 Å². The van der Waals surface area contributed by atoms with E-state index in [1.165, 1.54) is 36.1 Å². The summed E-state index contributed by atoms with van der Waals surface area (Å²) in [5, 5.41) is 9.30. The summed E-state index contributed by atoms with van der Waals surface area (Å²) in [5.74, 6) is -2.10. The van der Waals surface area contributed by atoms with E-state index in [0.717, 1.165) is 0 Å². The number of ether oxygens (including phenoxy) is 3. The summed E-state index contributed by atoms with van der Waals surface area (Å²) >= 11 is 0. The molecule has 0 fully saturated rings. The second-order valence-electron chi connectivity index (χ2n) is 6.96. The fraction of sp³-hybridized carbons (Fsp3) is 0.333. The van der Waals surface area contributed by atoms with Crippen molar-refractivity contribution in [1.82, 2.24) is 4.57 Å². The van der Waals surface area contributed by atoms with Crippen molar-refractivity contribution in [2.24, 2.45) is 0 Å². The highest BCUT2D eigenvalue weighted by Crippen LogP contribution is 2.26. The molecule has 0 saturated heterocycles. The van der Waals surface area contributed by atoms with Crippen LogP contribution in [0.1, 0.15) is 64.5 Å². The van der Waals surface area contributed by atoms with Crippen molar-refractivity contribution >= 4 is 23.6 Å². The Morgan fingerprint density at radius 2 is 1.47 bits per heavy atom. The van der Waals surface area contributed by atoms with Crippen LogP contribution < -0.4 is 5.73 Å². The summed E-state index contributed by atoms with van der Waals surface area (Å²) in [7, 11) is 1.17. The normalized spacial score (nSPS) is 10.6. The molecular formula is C21H23N3O6. The number of aromatic nitrogens is 1. The van der Waals surface area contributed by atoms with Gasteiger partial charge in [0.05, 0.1) is 41.7 Å². The number of nitrogen functional groups attached to an aromatic ring is 1. The van der Waals surface area contributed by atoms with Crippen molar-refractivity contribution in [2.75, 3.05) is 12.8 Å². The number of hydrogen-bond acceptors (Lipinski definition) is 8.